The lowest BCUT2D eigenvalue weighted by Crippen LogP contribution is -2.57. The Bertz CT molecular complexity index is 946. The Balaban J connectivity index is 1.83. The van der Waals surface area contributed by atoms with Crippen LogP contribution in [0, 0.1) is 11.8 Å². The summed E-state index contributed by atoms with van der Waals surface area (Å²) in [5.74, 6) is -3.24. The maximum atomic E-state index is 14.0. The van der Waals surface area contributed by atoms with Crippen LogP contribution in [0.4, 0.5) is 0 Å². The number of aliphatic hydroxyl groups excluding tert-OH is 1. The van der Waals surface area contributed by atoms with Gasteiger partial charge in [0.1, 0.15) is 17.7 Å². The fourth-order valence-corrected chi connectivity index (χ4v) is 7.04. The highest BCUT2D eigenvalue weighted by Crippen LogP contribution is 2.60. The van der Waals surface area contributed by atoms with E-state index in [1.165, 1.54) is 4.90 Å². The van der Waals surface area contributed by atoms with Gasteiger partial charge in [0.2, 0.25) is 17.7 Å². The molecule has 3 aliphatic rings. The molecule has 1 spiro atoms. The number of nitrogens with zero attached hydrogens (tertiary/aromatic N) is 2. The molecule has 2 bridgehead atoms. The molecule has 0 aromatic rings. The minimum atomic E-state index is -1.21. The average molecular weight is 613 g/mol. The molecule has 0 aliphatic carbocycles. The number of halogens is 1. The molecule has 3 heterocycles. The molecule has 218 valence electrons. The number of likely N-dealkylation sites (tertiary alicyclic amines) is 1. The number of amides is 3. The summed E-state index contributed by atoms with van der Waals surface area (Å²) in [6.07, 6.45) is 6.04. The molecule has 7 atom stereocenters. The largest absolute Gasteiger partial charge is 0.460 e. The minimum Gasteiger partial charge on any atom is -0.460 e. The highest BCUT2D eigenvalue weighted by Gasteiger charge is 2.77. The zero-order chi connectivity index (χ0) is 28.7. The van der Waals surface area contributed by atoms with Crippen LogP contribution < -0.4 is 5.32 Å². The first-order valence-corrected chi connectivity index (χ1v) is 14.8. The second-order valence-electron chi connectivity index (χ2n) is 10.6. The van der Waals surface area contributed by atoms with Gasteiger partial charge in [0.05, 0.1) is 31.1 Å². The molecule has 0 aromatic carbocycles. The zero-order valence-electron chi connectivity index (χ0n) is 23.0. The van der Waals surface area contributed by atoms with Gasteiger partial charge in [-0.05, 0) is 26.2 Å². The van der Waals surface area contributed by atoms with Crippen molar-refractivity contribution >= 4 is 39.6 Å². The maximum Gasteiger partial charge on any atom is 0.312 e. The van der Waals surface area contributed by atoms with Crippen LogP contribution in [0.25, 0.3) is 0 Å². The van der Waals surface area contributed by atoms with E-state index in [1.807, 2.05) is 0 Å². The third-order valence-electron chi connectivity index (χ3n) is 7.81. The molecule has 11 heteroatoms. The summed E-state index contributed by atoms with van der Waals surface area (Å²) < 4.78 is 12.1. The highest BCUT2D eigenvalue weighted by molar-refractivity contribution is 9.09. The number of aliphatic hydroxyl groups is 1. The van der Waals surface area contributed by atoms with Crippen LogP contribution in [0.1, 0.15) is 52.4 Å². The molecule has 3 aliphatic heterocycles. The Kier molecular flexibility index (Phi) is 11.1. The molecule has 0 aromatic heterocycles. The number of rotatable bonds is 16. The third kappa shape index (κ3) is 6.41. The van der Waals surface area contributed by atoms with Crippen molar-refractivity contribution in [2.24, 2.45) is 11.8 Å². The van der Waals surface area contributed by atoms with Crippen molar-refractivity contribution < 1.29 is 33.8 Å². The number of allylic oxidation sites excluding steroid dienone is 1. The molecule has 0 saturated carbocycles. The van der Waals surface area contributed by atoms with Gasteiger partial charge in [-0.15, -0.1) is 13.2 Å². The number of fused-ring (bicyclic) bond motifs is 1. The normalized spacial score (nSPS) is 29.6. The monoisotopic (exact) mass is 611 g/mol. The number of ether oxygens (including phenoxy) is 2. The van der Waals surface area contributed by atoms with Crippen LogP contribution in [-0.4, -0.2) is 100 Å². The number of unbranched alkanes of at least 4 members (excludes halogenated alkanes) is 2. The summed E-state index contributed by atoms with van der Waals surface area (Å²) >= 11 is 3.63. The first kappa shape index (κ1) is 31.3. The van der Waals surface area contributed by atoms with Gasteiger partial charge in [-0.3, -0.25) is 19.2 Å². The van der Waals surface area contributed by atoms with Gasteiger partial charge in [-0.25, -0.2) is 0 Å². The lowest BCUT2D eigenvalue weighted by atomic mass is 9.70. The Hall–Kier alpha value is -2.24. The topological polar surface area (TPSA) is 125 Å². The van der Waals surface area contributed by atoms with Crippen molar-refractivity contribution in [3.05, 3.63) is 25.3 Å². The van der Waals surface area contributed by atoms with Gasteiger partial charge < -0.3 is 29.7 Å². The van der Waals surface area contributed by atoms with Crippen LogP contribution in [0.15, 0.2) is 25.3 Å². The molecule has 3 amide bonds. The van der Waals surface area contributed by atoms with E-state index in [2.05, 4.69) is 41.3 Å². The summed E-state index contributed by atoms with van der Waals surface area (Å²) in [4.78, 5) is 56.0. The van der Waals surface area contributed by atoms with Crippen molar-refractivity contribution in [1.82, 2.24) is 15.1 Å². The predicted molar refractivity (Wildman–Crippen MR) is 149 cm³/mol. The van der Waals surface area contributed by atoms with Crippen LogP contribution in [-0.2, 0) is 28.7 Å². The van der Waals surface area contributed by atoms with Crippen molar-refractivity contribution in [3.8, 4) is 0 Å². The Morgan fingerprint density at radius 1 is 1.33 bits per heavy atom. The van der Waals surface area contributed by atoms with E-state index >= 15 is 0 Å². The number of β-amino-alcohol motifs (C(OH)–C–C–N with tert-alkyl or cyclic N) is 1. The molecule has 1 unspecified atom stereocenters. The summed E-state index contributed by atoms with van der Waals surface area (Å²) in [5, 5.41) is 12.5. The van der Waals surface area contributed by atoms with E-state index in [-0.39, 0.29) is 42.2 Å². The highest BCUT2D eigenvalue weighted by atomic mass is 79.9. The standard InChI is InChI=1S/C28H42BrN3O7/c1-5-8-10-13-31(12-7-3)26(36)24-28-16-19(29)23(39-28)21(22(28)25(35)32(24)14-15-33)27(37)38-18(4)17-30-20(34)11-9-6-2/h6-7,18-19,21-24,33H,2-3,5,8-17H2,1,4H3,(H,30,34)/t18-,19?,21+,22-,23+,24+,28-/m1/s1. The molecular weight excluding hydrogens is 570 g/mol. The van der Waals surface area contributed by atoms with Crippen LogP contribution in [0.5, 0.6) is 0 Å². The van der Waals surface area contributed by atoms with Gasteiger partial charge in [0.25, 0.3) is 0 Å². The van der Waals surface area contributed by atoms with Gasteiger partial charge in [-0.2, -0.15) is 0 Å². The number of nitrogens with one attached hydrogen (secondary N) is 1. The van der Waals surface area contributed by atoms with Gasteiger partial charge in [0.15, 0.2) is 0 Å². The van der Waals surface area contributed by atoms with Gasteiger partial charge in [0, 0.05) is 30.9 Å². The van der Waals surface area contributed by atoms with E-state index in [4.69, 9.17) is 9.47 Å². The summed E-state index contributed by atoms with van der Waals surface area (Å²) in [6, 6.07) is -0.965. The lowest BCUT2D eigenvalue weighted by molar-refractivity contribution is -0.159. The third-order valence-corrected chi connectivity index (χ3v) is 8.65. The predicted octanol–water partition coefficient (Wildman–Crippen LogP) is 1.95. The zero-order valence-corrected chi connectivity index (χ0v) is 24.6. The maximum absolute atomic E-state index is 14.0. The number of carbonyl (C=O) groups is 4. The molecule has 3 fully saturated rings. The SMILES string of the molecule is C=CCCC(=O)NC[C@@H](C)OC(=O)[C@@H]1[C@H]2O[C@@]3(CC2Br)[C@H](C(=O)N(CC=C)CCCCC)N(CCO)C(=O)[C@@H]13. The molecule has 3 saturated heterocycles. The van der Waals surface area contributed by atoms with Crippen LogP contribution >= 0.6 is 15.9 Å². The van der Waals surface area contributed by atoms with Gasteiger partial charge in [-0.1, -0.05) is 47.8 Å². The van der Waals surface area contributed by atoms with E-state index in [0.29, 0.717) is 32.4 Å². The van der Waals surface area contributed by atoms with E-state index in [0.717, 1.165) is 19.3 Å². The molecule has 2 N–H and O–H groups in total. The summed E-state index contributed by atoms with van der Waals surface area (Å²) in [5.41, 5.74) is -1.21. The Morgan fingerprint density at radius 2 is 2.08 bits per heavy atom. The summed E-state index contributed by atoms with van der Waals surface area (Å²) in [6.45, 7) is 11.7. The molecule has 0 radical (unpaired) electrons. The summed E-state index contributed by atoms with van der Waals surface area (Å²) in [7, 11) is 0. The van der Waals surface area contributed by atoms with E-state index < -0.39 is 41.7 Å². The molecular formula is C28H42BrN3O7. The van der Waals surface area contributed by atoms with Crippen LogP contribution in [0.2, 0.25) is 0 Å². The van der Waals surface area contributed by atoms with Crippen molar-refractivity contribution in [2.45, 2.75) is 81.1 Å². The number of hydrogen-bond acceptors (Lipinski definition) is 7. The smallest absolute Gasteiger partial charge is 0.312 e. The fourth-order valence-electron chi connectivity index (χ4n) is 6.10. The number of hydrogen-bond donors (Lipinski definition) is 2. The lowest BCUT2D eigenvalue weighted by Gasteiger charge is -2.37. The second-order valence-corrected chi connectivity index (χ2v) is 11.8. The molecule has 10 nitrogen and oxygen atoms in total. The van der Waals surface area contributed by atoms with Gasteiger partial charge >= 0.3 is 5.97 Å². The van der Waals surface area contributed by atoms with Crippen molar-refractivity contribution in [3.63, 3.8) is 0 Å². The Morgan fingerprint density at radius 3 is 2.72 bits per heavy atom. The van der Waals surface area contributed by atoms with E-state index in [9.17, 15) is 24.3 Å². The van der Waals surface area contributed by atoms with Crippen molar-refractivity contribution in [2.75, 3.05) is 32.8 Å². The number of esters is 1. The minimum absolute atomic E-state index is 0.0414. The Labute approximate surface area is 239 Å². The number of alkyl halides is 1. The fraction of sp³-hybridized carbons (Fsp3) is 0.714. The first-order chi connectivity index (χ1) is 18.7. The average Bonchev–Trinajstić information content (AvgIpc) is 3.49. The molecule has 3 rings (SSSR count). The van der Waals surface area contributed by atoms with E-state index in [1.54, 1.807) is 24.0 Å². The second kappa shape index (κ2) is 13.9. The molecule has 39 heavy (non-hydrogen) atoms. The van der Waals surface area contributed by atoms with Crippen LogP contribution in [0.3, 0.4) is 0 Å². The first-order valence-electron chi connectivity index (χ1n) is 13.9. The van der Waals surface area contributed by atoms with Crippen molar-refractivity contribution in [1.29, 1.82) is 0 Å². The number of carbonyl (C=O) groups excluding carboxylic acids is 4. The quantitative estimate of drug-likeness (QED) is 0.118.